The molecule has 1 aromatic carbocycles. The van der Waals surface area contributed by atoms with Crippen molar-refractivity contribution in [2.75, 3.05) is 0 Å². The molecule has 18 heavy (non-hydrogen) atoms. The second-order valence-corrected chi connectivity index (χ2v) is 5.75. The van der Waals surface area contributed by atoms with Crippen LogP contribution in [-0.2, 0) is 0 Å². The average Bonchev–Trinajstić information content (AvgIpc) is 2.98. The second-order valence-electron chi connectivity index (χ2n) is 3.98. The molecule has 0 atom stereocenters. The summed E-state index contributed by atoms with van der Waals surface area (Å²) in [4.78, 5) is 5.84. The van der Waals surface area contributed by atoms with Crippen molar-refractivity contribution in [3.05, 3.63) is 52.5 Å². The lowest BCUT2D eigenvalue weighted by Crippen LogP contribution is -1.80. The summed E-state index contributed by atoms with van der Waals surface area (Å²) >= 11 is 3.33. The number of hydrogen-bond donors (Lipinski definition) is 0. The van der Waals surface area contributed by atoms with E-state index in [0.29, 0.717) is 0 Å². The molecule has 0 saturated carbocycles. The van der Waals surface area contributed by atoms with Gasteiger partial charge in [-0.2, -0.15) is 0 Å². The molecule has 0 aliphatic heterocycles. The van der Waals surface area contributed by atoms with Crippen molar-refractivity contribution < 1.29 is 4.39 Å². The number of benzene rings is 1. The van der Waals surface area contributed by atoms with Gasteiger partial charge in [0.1, 0.15) is 10.8 Å². The van der Waals surface area contributed by atoms with E-state index in [-0.39, 0.29) is 5.82 Å². The third-order valence-electron chi connectivity index (χ3n) is 2.70. The zero-order chi connectivity index (χ0) is 12.5. The maximum Gasteiger partial charge on any atom is 0.134 e. The fraction of sp³-hybridized carbons (Fsp3) is 0.0714. The normalized spacial score (nSPS) is 10.8. The minimum atomic E-state index is -0.219. The van der Waals surface area contributed by atoms with E-state index in [1.54, 1.807) is 34.8 Å². The summed E-state index contributed by atoms with van der Waals surface area (Å²) in [6.07, 6.45) is 0. The van der Waals surface area contributed by atoms with E-state index in [0.717, 1.165) is 16.3 Å². The van der Waals surface area contributed by atoms with Crippen molar-refractivity contribution in [1.29, 1.82) is 0 Å². The van der Waals surface area contributed by atoms with Crippen LogP contribution in [-0.4, -0.2) is 4.98 Å². The van der Waals surface area contributed by atoms with E-state index >= 15 is 0 Å². The van der Waals surface area contributed by atoms with Crippen LogP contribution in [0, 0.1) is 12.7 Å². The van der Waals surface area contributed by atoms with Crippen molar-refractivity contribution in [1.82, 2.24) is 4.98 Å². The largest absolute Gasteiger partial charge is 0.235 e. The second kappa shape index (κ2) is 4.63. The van der Waals surface area contributed by atoms with Crippen LogP contribution in [0.2, 0.25) is 0 Å². The summed E-state index contributed by atoms with van der Waals surface area (Å²) in [6, 6.07) is 8.54. The topological polar surface area (TPSA) is 12.9 Å². The van der Waals surface area contributed by atoms with Crippen LogP contribution in [0.1, 0.15) is 5.56 Å². The van der Waals surface area contributed by atoms with Gasteiger partial charge in [-0.15, -0.1) is 22.7 Å². The van der Waals surface area contributed by atoms with E-state index in [4.69, 9.17) is 0 Å². The van der Waals surface area contributed by atoms with Gasteiger partial charge in [-0.3, -0.25) is 0 Å². The van der Waals surface area contributed by atoms with Gasteiger partial charge >= 0.3 is 0 Å². The lowest BCUT2D eigenvalue weighted by Gasteiger charge is -1.96. The summed E-state index contributed by atoms with van der Waals surface area (Å²) in [6.45, 7) is 2.09. The highest BCUT2D eigenvalue weighted by Crippen LogP contribution is 2.34. The van der Waals surface area contributed by atoms with Crippen molar-refractivity contribution in [3.8, 4) is 21.1 Å². The molecule has 0 aliphatic carbocycles. The molecule has 3 rings (SSSR count). The van der Waals surface area contributed by atoms with Crippen molar-refractivity contribution >= 4 is 22.7 Å². The Kier molecular flexibility index (Phi) is 2.97. The molecule has 1 nitrogen and oxygen atoms in total. The van der Waals surface area contributed by atoms with E-state index in [1.165, 1.54) is 22.6 Å². The number of aromatic nitrogens is 1. The molecule has 0 N–H and O–H groups in total. The van der Waals surface area contributed by atoms with Crippen LogP contribution in [0.25, 0.3) is 21.1 Å². The third kappa shape index (κ3) is 2.09. The van der Waals surface area contributed by atoms with E-state index in [9.17, 15) is 4.39 Å². The highest BCUT2D eigenvalue weighted by Gasteiger charge is 2.09. The smallest absolute Gasteiger partial charge is 0.134 e. The minimum absolute atomic E-state index is 0.219. The van der Waals surface area contributed by atoms with Crippen LogP contribution >= 0.6 is 22.7 Å². The number of aryl methyl sites for hydroxylation is 1. The van der Waals surface area contributed by atoms with Crippen LogP contribution in [0.15, 0.2) is 41.1 Å². The zero-order valence-corrected chi connectivity index (χ0v) is 11.3. The molecule has 0 bridgehead atoms. The van der Waals surface area contributed by atoms with Crippen molar-refractivity contribution in [2.45, 2.75) is 6.92 Å². The van der Waals surface area contributed by atoms with Gasteiger partial charge in [-0.1, -0.05) is 0 Å². The Balaban J connectivity index is 1.99. The molecule has 3 aromatic rings. The van der Waals surface area contributed by atoms with E-state index in [1.807, 2.05) is 5.38 Å². The molecule has 0 saturated heterocycles. The highest BCUT2D eigenvalue weighted by molar-refractivity contribution is 7.20. The molecule has 0 amide bonds. The fourth-order valence-electron chi connectivity index (χ4n) is 1.72. The Bertz CT molecular complexity index is 667. The molecule has 0 aliphatic rings. The monoisotopic (exact) mass is 275 g/mol. The predicted octanol–water partition coefficient (Wildman–Crippen LogP) is 4.99. The number of hydrogen-bond acceptors (Lipinski definition) is 3. The number of nitrogens with zero attached hydrogens (tertiary/aromatic N) is 1. The molecular formula is C14H10FNS2. The van der Waals surface area contributed by atoms with Gasteiger partial charge in [0.25, 0.3) is 0 Å². The van der Waals surface area contributed by atoms with Gasteiger partial charge in [-0.05, 0) is 48.2 Å². The van der Waals surface area contributed by atoms with Gasteiger partial charge in [0, 0.05) is 10.9 Å². The molecular weight excluding hydrogens is 265 g/mol. The predicted molar refractivity (Wildman–Crippen MR) is 75.6 cm³/mol. The van der Waals surface area contributed by atoms with Gasteiger partial charge in [0.15, 0.2) is 0 Å². The number of halogens is 1. The Morgan fingerprint density at radius 2 is 1.83 bits per heavy atom. The Morgan fingerprint density at radius 1 is 1.06 bits per heavy atom. The van der Waals surface area contributed by atoms with Crippen LogP contribution in [0.3, 0.4) is 0 Å². The standard InChI is InChI=1S/C14H10FNS2/c1-9-6-7-17-13(9)14-16-12(8-18-14)10-2-4-11(15)5-3-10/h2-8H,1H3. The Hall–Kier alpha value is -1.52. The van der Waals surface area contributed by atoms with Gasteiger partial charge in [0.05, 0.1) is 10.6 Å². The first-order valence-corrected chi connectivity index (χ1v) is 7.26. The summed E-state index contributed by atoms with van der Waals surface area (Å²) in [5, 5.41) is 5.12. The zero-order valence-electron chi connectivity index (χ0n) is 9.68. The maximum absolute atomic E-state index is 12.9. The first-order chi connectivity index (χ1) is 8.74. The summed E-state index contributed by atoms with van der Waals surface area (Å²) < 4.78 is 12.9. The highest BCUT2D eigenvalue weighted by atomic mass is 32.1. The molecule has 0 radical (unpaired) electrons. The maximum atomic E-state index is 12.9. The van der Waals surface area contributed by atoms with Crippen LogP contribution in [0.5, 0.6) is 0 Å². The van der Waals surface area contributed by atoms with E-state index in [2.05, 4.69) is 23.4 Å². The van der Waals surface area contributed by atoms with Crippen LogP contribution < -0.4 is 0 Å². The van der Waals surface area contributed by atoms with Crippen molar-refractivity contribution in [2.24, 2.45) is 0 Å². The van der Waals surface area contributed by atoms with Crippen LogP contribution in [0.4, 0.5) is 4.39 Å². The first kappa shape index (κ1) is 11.6. The summed E-state index contributed by atoms with van der Waals surface area (Å²) in [5.74, 6) is -0.219. The minimum Gasteiger partial charge on any atom is -0.235 e. The number of rotatable bonds is 2. The van der Waals surface area contributed by atoms with Gasteiger partial charge in [0.2, 0.25) is 0 Å². The molecule has 90 valence electrons. The Labute approximate surface area is 113 Å². The lowest BCUT2D eigenvalue weighted by atomic mass is 10.2. The fourth-order valence-corrected chi connectivity index (χ4v) is 3.65. The van der Waals surface area contributed by atoms with Gasteiger partial charge < -0.3 is 0 Å². The molecule has 2 aromatic heterocycles. The SMILES string of the molecule is Cc1ccsc1-c1nc(-c2ccc(F)cc2)cs1. The average molecular weight is 275 g/mol. The van der Waals surface area contributed by atoms with Crippen molar-refractivity contribution in [3.63, 3.8) is 0 Å². The number of thiophene rings is 1. The quantitative estimate of drug-likeness (QED) is 0.642. The third-order valence-corrected chi connectivity index (χ3v) is 4.71. The Morgan fingerprint density at radius 3 is 2.50 bits per heavy atom. The summed E-state index contributed by atoms with van der Waals surface area (Å²) in [5.41, 5.74) is 3.11. The molecule has 2 heterocycles. The lowest BCUT2D eigenvalue weighted by molar-refractivity contribution is 0.628. The summed E-state index contributed by atoms with van der Waals surface area (Å²) in [7, 11) is 0. The van der Waals surface area contributed by atoms with E-state index < -0.39 is 0 Å². The first-order valence-electron chi connectivity index (χ1n) is 5.50. The number of thiazole rings is 1. The van der Waals surface area contributed by atoms with Gasteiger partial charge in [-0.25, -0.2) is 9.37 Å². The molecule has 0 spiro atoms. The molecule has 0 unspecified atom stereocenters. The molecule has 0 fully saturated rings. The molecule has 4 heteroatoms.